The van der Waals surface area contributed by atoms with Crippen molar-refractivity contribution >= 4 is 21.4 Å². The molecule has 156 valence electrons. The van der Waals surface area contributed by atoms with E-state index in [9.17, 15) is 13.2 Å². The van der Waals surface area contributed by atoms with Gasteiger partial charge in [-0.25, -0.2) is 0 Å². The van der Waals surface area contributed by atoms with Crippen molar-refractivity contribution in [2.75, 3.05) is 0 Å². The van der Waals surface area contributed by atoms with E-state index >= 15 is 0 Å². The second-order valence-corrected chi connectivity index (χ2v) is 8.97. The van der Waals surface area contributed by atoms with Crippen LogP contribution in [0.2, 0.25) is 0 Å². The Morgan fingerprint density at radius 2 is 0.704 bits per heavy atom. The lowest BCUT2D eigenvalue weighted by molar-refractivity contribution is 0.184. The first-order valence-electron chi connectivity index (χ1n) is 10.5. The highest BCUT2D eigenvalue weighted by atomic mass is 19.1. The van der Waals surface area contributed by atoms with Crippen molar-refractivity contribution in [2.45, 2.75) is 98.3 Å². The second-order valence-electron chi connectivity index (χ2n) is 8.97. The molecule has 0 bridgehead atoms. The summed E-state index contributed by atoms with van der Waals surface area (Å²) in [5, 5.41) is 0. The average Bonchev–Trinajstić information content (AvgIpc) is 2.61. The van der Waals surface area contributed by atoms with Crippen molar-refractivity contribution in [3.05, 3.63) is 0 Å². The van der Waals surface area contributed by atoms with E-state index in [1.54, 1.807) is 0 Å². The van der Waals surface area contributed by atoms with Crippen LogP contribution in [0.5, 0.6) is 0 Å². The summed E-state index contributed by atoms with van der Waals surface area (Å²) in [5.41, 5.74) is 0. The first-order valence-corrected chi connectivity index (χ1v) is 10.5. The highest BCUT2D eigenvalue weighted by molar-refractivity contribution is 6.75. The number of halogens is 3. The van der Waals surface area contributed by atoms with Crippen LogP contribution < -0.4 is 0 Å². The predicted molar refractivity (Wildman–Crippen MR) is 107 cm³/mol. The fourth-order valence-corrected chi connectivity index (χ4v) is 2.89. The van der Waals surface area contributed by atoms with Crippen molar-refractivity contribution in [3.8, 4) is 0 Å². The fraction of sp³-hybridized carbons (Fsp3) is 1.00. The molecule has 3 unspecified atom stereocenters. The van der Waals surface area contributed by atoms with Crippen LogP contribution in [-0.4, -0.2) is 39.6 Å². The van der Waals surface area contributed by atoms with E-state index in [-0.39, 0.29) is 19.3 Å². The molecule has 3 nitrogen and oxygen atoms in total. The monoisotopic (exact) mass is 390 g/mol. The molecule has 0 aromatic carbocycles. The van der Waals surface area contributed by atoms with Crippen molar-refractivity contribution in [2.24, 2.45) is 17.8 Å². The van der Waals surface area contributed by atoms with Crippen LogP contribution in [-0.2, 0) is 13.7 Å². The molecule has 9 heteroatoms. The molecule has 0 saturated carbocycles. The molecular weight excluding hydrogens is 354 g/mol. The first kappa shape index (κ1) is 24.9. The lowest BCUT2D eigenvalue weighted by Crippen LogP contribution is -2.59. The largest absolute Gasteiger partial charge is 0.466 e. The zero-order valence-corrected chi connectivity index (χ0v) is 17.8. The van der Waals surface area contributed by atoms with Gasteiger partial charge in [-0.1, -0.05) is 41.5 Å². The maximum Gasteiger partial charge on any atom is 0.466 e. The molecule has 0 aliphatic carbocycles. The number of alkyl halides is 3. The number of hydrogen-bond acceptors (Lipinski definition) is 3. The molecule has 1 saturated heterocycles. The van der Waals surface area contributed by atoms with Crippen molar-refractivity contribution < 1.29 is 26.9 Å². The quantitative estimate of drug-likeness (QED) is 0.415. The van der Waals surface area contributed by atoms with Crippen LogP contribution in [0.4, 0.5) is 13.2 Å². The smallest absolute Gasteiger partial charge is 0.449 e. The van der Waals surface area contributed by atoms with E-state index in [0.29, 0.717) is 37.0 Å². The molecular formula is C18H36B3F3O3. The van der Waals surface area contributed by atoms with Gasteiger partial charge in [-0.15, -0.1) is 0 Å². The zero-order valence-electron chi connectivity index (χ0n) is 17.8. The third kappa shape index (κ3) is 9.75. The molecule has 0 amide bonds. The predicted octanol–water partition coefficient (Wildman–Crippen LogP) is 5.45. The van der Waals surface area contributed by atoms with Crippen molar-refractivity contribution in [1.82, 2.24) is 0 Å². The molecule has 0 spiro atoms. The van der Waals surface area contributed by atoms with Gasteiger partial charge in [0, 0.05) is 0 Å². The van der Waals surface area contributed by atoms with Gasteiger partial charge < -0.3 is 13.7 Å². The molecule has 1 fully saturated rings. The van der Waals surface area contributed by atoms with E-state index in [4.69, 9.17) is 13.7 Å². The summed E-state index contributed by atoms with van der Waals surface area (Å²) in [5.74, 6) is 0.985. The molecule has 0 N–H and O–H groups in total. The molecule has 0 radical (unpaired) electrons. The number of hydrogen-bond donors (Lipinski definition) is 0. The number of rotatable bonds is 12. The van der Waals surface area contributed by atoms with Gasteiger partial charge in [0.1, 0.15) is 18.2 Å². The third-order valence-corrected chi connectivity index (χ3v) is 4.75. The average molecular weight is 390 g/mol. The van der Waals surface area contributed by atoms with Crippen LogP contribution in [0, 0.1) is 17.8 Å². The van der Waals surface area contributed by atoms with E-state index < -0.39 is 39.6 Å². The molecule has 1 aliphatic rings. The van der Waals surface area contributed by atoms with Crippen LogP contribution in [0.25, 0.3) is 0 Å². The van der Waals surface area contributed by atoms with Gasteiger partial charge in [0.05, 0.1) is 0 Å². The SMILES string of the molecule is CC(C)CCC(F)B1OB(C(F)CCC(C)C)OB(C(F)CCC(C)C)O1. The van der Waals surface area contributed by atoms with E-state index in [0.717, 1.165) is 0 Å². The van der Waals surface area contributed by atoms with Crippen LogP contribution >= 0.6 is 0 Å². The summed E-state index contributed by atoms with van der Waals surface area (Å²) in [4.78, 5) is 0. The molecule has 1 rings (SSSR count). The highest BCUT2D eigenvalue weighted by Crippen LogP contribution is 2.25. The van der Waals surface area contributed by atoms with Gasteiger partial charge in [-0.3, -0.25) is 13.2 Å². The van der Waals surface area contributed by atoms with Crippen molar-refractivity contribution in [1.29, 1.82) is 0 Å². The van der Waals surface area contributed by atoms with Gasteiger partial charge in [0.25, 0.3) is 0 Å². The Morgan fingerprint density at radius 3 is 0.889 bits per heavy atom. The Hall–Kier alpha value is -0.135. The van der Waals surface area contributed by atoms with Crippen LogP contribution in [0.1, 0.15) is 80.1 Å². The Bertz CT molecular complexity index is 342. The molecule has 1 aliphatic heterocycles. The summed E-state index contributed by atoms with van der Waals surface area (Å²) in [6, 6.07) is 0. The van der Waals surface area contributed by atoms with Crippen molar-refractivity contribution in [3.63, 3.8) is 0 Å². The minimum atomic E-state index is -1.43. The van der Waals surface area contributed by atoms with Crippen LogP contribution in [0.3, 0.4) is 0 Å². The molecule has 0 aromatic rings. The minimum absolute atomic E-state index is 0.230. The van der Waals surface area contributed by atoms with E-state index in [1.165, 1.54) is 0 Å². The zero-order chi connectivity index (χ0) is 20.6. The Morgan fingerprint density at radius 1 is 0.481 bits per heavy atom. The Balaban J connectivity index is 2.75. The maximum absolute atomic E-state index is 14.6. The first-order chi connectivity index (χ1) is 12.6. The fourth-order valence-electron chi connectivity index (χ4n) is 2.89. The summed E-state index contributed by atoms with van der Waals surface area (Å²) in [7, 11) is -3.87. The van der Waals surface area contributed by atoms with Gasteiger partial charge >= 0.3 is 21.4 Å². The maximum atomic E-state index is 14.6. The summed E-state index contributed by atoms with van der Waals surface area (Å²) in [6.45, 7) is 12.0. The normalized spacial score (nSPS) is 19.3. The molecule has 1 heterocycles. The molecule has 3 atom stereocenters. The second kappa shape index (κ2) is 12.4. The van der Waals surface area contributed by atoms with Gasteiger partial charge in [0.2, 0.25) is 0 Å². The Labute approximate surface area is 164 Å². The van der Waals surface area contributed by atoms with Gasteiger partial charge in [0.15, 0.2) is 0 Å². The highest BCUT2D eigenvalue weighted by Gasteiger charge is 2.51. The standard InChI is InChI=1S/C18H36B3F3O3/c1-13(2)7-10-16(22)19-25-20(17(23)11-8-14(3)4)27-21(26-19)18(24)12-9-15(5)6/h13-18H,7-12H2,1-6H3. The Kier molecular flexibility index (Phi) is 11.5. The molecule has 27 heavy (non-hydrogen) atoms. The minimum Gasteiger partial charge on any atom is -0.449 e. The lowest BCUT2D eigenvalue weighted by atomic mass is 9.61. The summed E-state index contributed by atoms with van der Waals surface area (Å²) >= 11 is 0. The van der Waals surface area contributed by atoms with Crippen LogP contribution in [0.15, 0.2) is 0 Å². The van der Waals surface area contributed by atoms with Gasteiger partial charge in [-0.2, -0.15) is 0 Å². The third-order valence-electron chi connectivity index (χ3n) is 4.75. The lowest BCUT2D eigenvalue weighted by Gasteiger charge is -2.35. The summed E-state index contributed by atoms with van der Waals surface area (Å²) < 4.78 is 60.1. The summed E-state index contributed by atoms with van der Waals surface area (Å²) in [6.07, 6.45) is -1.66. The van der Waals surface area contributed by atoms with Gasteiger partial charge in [-0.05, 0) is 56.3 Å². The van der Waals surface area contributed by atoms with E-state index in [2.05, 4.69) is 0 Å². The topological polar surface area (TPSA) is 27.7 Å². The van der Waals surface area contributed by atoms with E-state index in [1.807, 2.05) is 41.5 Å². The molecule has 0 aromatic heterocycles.